The first-order valence-corrected chi connectivity index (χ1v) is 3.39. The van der Waals surface area contributed by atoms with Gasteiger partial charge in [-0.15, -0.1) is 0 Å². The van der Waals surface area contributed by atoms with Gasteiger partial charge in [-0.3, -0.25) is 10.1 Å². The highest BCUT2D eigenvalue weighted by Crippen LogP contribution is 2.05. The predicted octanol–water partition coefficient (Wildman–Crippen LogP) is 0.0350. The lowest BCUT2D eigenvalue weighted by molar-refractivity contribution is -0.147. The fourth-order valence-corrected chi connectivity index (χ4v) is 0.420. The zero-order valence-electron chi connectivity index (χ0n) is 7.30. The molecule has 0 aliphatic rings. The second-order valence-corrected chi connectivity index (χ2v) is 3.01. The quantitative estimate of drug-likeness (QED) is 0.261. The lowest BCUT2D eigenvalue weighted by Crippen LogP contribution is -2.23. The van der Waals surface area contributed by atoms with Gasteiger partial charge in [0.15, 0.2) is 0 Å². The maximum Gasteiger partial charge on any atom is 0.386 e. The van der Waals surface area contributed by atoms with E-state index >= 15 is 0 Å². The summed E-state index contributed by atoms with van der Waals surface area (Å²) < 4.78 is 4.82. The largest absolute Gasteiger partial charge is 0.450 e. The van der Waals surface area contributed by atoms with Crippen LogP contribution in [0.5, 0.6) is 0 Å². The fraction of sp³-hybridized carbons (Fsp3) is 0.500. The number of amides is 1. The molecule has 1 N–H and O–H groups in total. The minimum absolute atomic E-state index is 0.386. The van der Waals surface area contributed by atoms with Gasteiger partial charge < -0.3 is 4.74 Å². The number of rotatable bonds is 1. The summed E-state index contributed by atoms with van der Waals surface area (Å²) in [5.41, 5.74) is -0.549. The van der Waals surface area contributed by atoms with Crippen molar-refractivity contribution < 1.29 is 14.3 Å². The zero-order chi connectivity index (χ0) is 9.61. The molecule has 66 valence electrons. The molecule has 0 fully saturated rings. The van der Waals surface area contributed by atoms with Crippen molar-refractivity contribution >= 4 is 12.4 Å². The third-order valence-corrected chi connectivity index (χ3v) is 0.695. The van der Waals surface area contributed by atoms with Crippen LogP contribution in [0.1, 0.15) is 20.8 Å². The molecule has 0 atom stereocenters. The Labute approximate surface area is 71.3 Å². The van der Waals surface area contributed by atoms with Gasteiger partial charge in [0.05, 0.1) is 0 Å². The van der Waals surface area contributed by atoms with Crippen molar-refractivity contribution in [3.8, 4) is 12.0 Å². The fourth-order valence-electron chi connectivity index (χ4n) is 0.420. The Morgan fingerprint density at radius 3 is 2.50 bits per heavy atom. The average Bonchev–Trinajstić information content (AvgIpc) is 1.84. The number of carbonyl (C=O) groups is 2. The molecule has 1 amide bonds. The third-order valence-electron chi connectivity index (χ3n) is 0.695. The summed E-state index contributed by atoms with van der Waals surface area (Å²) in [6.07, 6.45) is 0.386. The number of nitrogens with one attached hydrogen (secondary N) is 1. The summed E-state index contributed by atoms with van der Waals surface area (Å²) in [5, 5.41) is 2.02. The highest BCUT2D eigenvalue weighted by Gasteiger charge is 2.13. The van der Waals surface area contributed by atoms with Crippen molar-refractivity contribution in [1.82, 2.24) is 5.32 Å². The number of esters is 1. The SMILES string of the molecule is CC(C)(C)OC(=O)C#CNC=O. The molecule has 0 aliphatic heterocycles. The molecule has 0 spiro atoms. The highest BCUT2D eigenvalue weighted by atomic mass is 16.6. The second kappa shape index (κ2) is 4.39. The third kappa shape index (κ3) is 6.62. The van der Waals surface area contributed by atoms with Gasteiger partial charge in [-0.05, 0) is 20.8 Å². The van der Waals surface area contributed by atoms with E-state index in [1.54, 1.807) is 20.8 Å². The van der Waals surface area contributed by atoms with Crippen molar-refractivity contribution in [2.24, 2.45) is 0 Å². The Morgan fingerprint density at radius 1 is 1.50 bits per heavy atom. The first kappa shape index (κ1) is 10.5. The molecular weight excluding hydrogens is 158 g/mol. The minimum atomic E-state index is -0.656. The normalized spacial score (nSPS) is 9.25. The Bertz CT molecular complexity index is 229. The molecule has 0 aromatic carbocycles. The van der Waals surface area contributed by atoms with Crippen LogP contribution in [0.25, 0.3) is 0 Å². The van der Waals surface area contributed by atoms with E-state index in [4.69, 9.17) is 4.74 Å². The molecule has 0 radical (unpaired) electrons. The van der Waals surface area contributed by atoms with Gasteiger partial charge in [0.1, 0.15) is 5.60 Å². The van der Waals surface area contributed by atoms with Gasteiger partial charge in [0.2, 0.25) is 6.41 Å². The number of ether oxygens (including phenoxy) is 1. The molecule has 4 nitrogen and oxygen atoms in total. The molecular formula is C8H11NO3. The van der Waals surface area contributed by atoms with Crippen LogP contribution in [-0.4, -0.2) is 18.0 Å². The molecule has 0 aromatic rings. The Morgan fingerprint density at radius 2 is 2.08 bits per heavy atom. The average molecular weight is 169 g/mol. The van der Waals surface area contributed by atoms with Gasteiger partial charge in [-0.2, -0.15) is 0 Å². The molecule has 12 heavy (non-hydrogen) atoms. The van der Waals surface area contributed by atoms with Gasteiger partial charge >= 0.3 is 5.97 Å². The van der Waals surface area contributed by atoms with Crippen LogP contribution in [0.3, 0.4) is 0 Å². The van der Waals surface area contributed by atoms with Crippen molar-refractivity contribution in [3.63, 3.8) is 0 Å². The molecule has 0 heterocycles. The lowest BCUT2D eigenvalue weighted by Gasteiger charge is -2.16. The number of hydrogen-bond donors (Lipinski definition) is 1. The maximum atomic E-state index is 10.8. The Hall–Kier alpha value is -1.50. The van der Waals surface area contributed by atoms with Crippen molar-refractivity contribution in [1.29, 1.82) is 0 Å². The van der Waals surface area contributed by atoms with Gasteiger partial charge in [-0.25, -0.2) is 4.79 Å². The van der Waals surface area contributed by atoms with E-state index in [0.717, 1.165) is 0 Å². The molecule has 0 bridgehead atoms. The standard InChI is InChI=1S/C8H11NO3/c1-8(2,3)12-7(11)4-5-9-6-10/h6H,1-3H3,(H,9,10). The molecule has 0 saturated carbocycles. The number of hydrogen-bond acceptors (Lipinski definition) is 3. The molecule has 0 rings (SSSR count). The second-order valence-electron chi connectivity index (χ2n) is 3.01. The monoisotopic (exact) mass is 169 g/mol. The van der Waals surface area contributed by atoms with Gasteiger partial charge in [0.25, 0.3) is 0 Å². The summed E-state index contributed by atoms with van der Waals surface area (Å²) in [4.78, 5) is 20.5. The van der Waals surface area contributed by atoms with Crippen molar-refractivity contribution in [3.05, 3.63) is 0 Å². The summed E-state index contributed by atoms with van der Waals surface area (Å²) in [6, 6.07) is 2.11. The molecule has 0 aliphatic carbocycles. The minimum Gasteiger partial charge on any atom is -0.450 e. The summed E-state index contributed by atoms with van der Waals surface area (Å²) in [5.74, 6) is 1.43. The van der Waals surface area contributed by atoms with E-state index in [9.17, 15) is 9.59 Å². The summed E-state index contributed by atoms with van der Waals surface area (Å²) >= 11 is 0. The summed E-state index contributed by atoms with van der Waals surface area (Å²) in [6.45, 7) is 5.21. The maximum absolute atomic E-state index is 10.8. The Balaban J connectivity index is 3.92. The number of carbonyl (C=O) groups excluding carboxylic acids is 2. The van der Waals surface area contributed by atoms with E-state index in [1.165, 1.54) is 0 Å². The van der Waals surface area contributed by atoms with Crippen LogP contribution in [0.15, 0.2) is 0 Å². The van der Waals surface area contributed by atoms with Crippen LogP contribution in [0, 0.1) is 12.0 Å². The zero-order valence-corrected chi connectivity index (χ0v) is 7.30. The van der Waals surface area contributed by atoms with E-state index in [-0.39, 0.29) is 0 Å². The lowest BCUT2D eigenvalue weighted by atomic mass is 10.2. The van der Waals surface area contributed by atoms with Gasteiger partial charge in [0, 0.05) is 12.0 Å². The van der Waals surface area contributed by atoms with E-state index in [0.29, 0.717) is 6.41 Å². The van der Waals surface area contributed by atoms with Crippen LogP contribution in [0.2, 0.25) is 0 Å². The first-order valence-electron chi connectivity index (χ1n) is 3.39. The van der Waals surface area contributed by atoms with Crippen LogP contribution in [-0.2, 0) is 14.3 Å². The van der Waals surface area contributed by atoms with E-state index < -0.39 is 11.6 Å². The molecule has 4 heteroatoms. The Kier molecular flexibility index (Phi) is 3.84. The van der Waals surface area contributed by atoms with Gasteiger partial charge in [-0.1, -0.05) is 0 Å². The first-order chi connectivity index (χ1) is 5.45. The van der Waals surface area contributed by atoms with E-state index in [1.807, 2.05) is 5.32 Å². The topological polar surface area (TPSA) is 55.4 Å². The summed E-state index contributed by atoms with van der Waals surface area (Å²) in [7, 11) is 0. The van der Waals surface area contributed by atoms with Crippen molar-refractivity contribution in [2.45, 2.75) is 26.4 Å². The van der Waals surface area contributed by atoms with E-state index in [2.05, 4.69) is 12.0 Å². The predicted molar refractivity (Wildman–Crippen MR) is 42.8 cm³/mol. The van der Waals surface area contributed by atoms with Crippen LogP contribution < -0.4 is 5.32 Å². The molecule has 0 unspecified atom stereocenters. The van der Waals surface area contributed by atoms with Crippen LogP contribution in [0.4, 0.5) is 0 Å². The molecule has 0 saturated heterocycles. The van der Waals surface area contributed by atoms with Crippen molar-refractivity contribution in [2.75, 3.05) is 0 Å². The van der Waals surface area contributed by atoms with Crippen LogP contribution >= 0.6 is 0 Å². The smallest absolute Gasteiger partial charge is 0.386 e. The molecule has 0 aromatic heterocycles. The highest BCUT2D eigenvalue weighted by molar-refractivity contribution is 5.88.